The zero-order valence-corrected chi connectivity index (χ0v) is 20.4. The number of fused-ring (bicyclic) bond motifs is 1. The third-order valence-corrected chi connectivity index (χ3v) is 5.20. The minimum atomic E-state index is -0.419. The molecule has 2 N–H and O–H groups in total. The Balaban J connectivity index is 0.00000385. The van der Waals surface area contributed by atoms with Crippen molar-refractivity contribution in [2.24, 2.45) is 0 Å². The summed E-state index contributed by atoms with van der Waals surface area (Å²) >= 11 is 0. The lowest BCUT2D eigenvalue weighted by molar-refractivity contribution is 0.217. The number of likely N-dealkylation sites (N-methyl/N-ethyl adjacent to an activating group) is 1. The number of rotatable bonds is 10. The van der Waals surface area contributed by atoms with Crippen LogP contribution in [0, 0.1) is 0 Å². The molecule has 0 saturated heterocycles. The number of aliphatic hydroxyl groups is 1. The van der Waals surface area contributed by atoms with Crippen molar-refractivity contribution in [1.82, 2.24) is 14.9 Å². The largest absolute Gasteiger partial charge is 0.493 e. The van der Waals surface area contributed by atoms with Crippen molar-refractivity contribution in [1.29, 1.82) is 0 Å². The third-order valence-electron chi connectivity index (χ3n) is 5.20. The van der Waals surface area contributed by atoms with E-state index in [9.17, 15) is 4.79 Å². The minimum absolute atomic E-state index is 0. The Bertz CT molecular complexity index is 1140. The van der Waals surface area contributed by atoms with E-state index in [4.69, 9.17) is 19.3 Å². The average molecular weight is 479 g/mol. The molecule has 0 atom stereocenters. The maximum absolute atomic E-state index is 12.9. The molecule has 0 aliphatic carbocycles. The summed E-state index contributed by atoms with van der Waals surface area (Å²) < 4.78 is 16.2. The highest BCUT2D eigenvalue weighted by Gasteiger charge is 2.20. The lowest BCUT2D eigenvalue weighted by atomic mass is 10.1. The second-order valence-electron chi connectivity index (χ2n) is 7.57. The molecule has 0 unspecified atom stereocenters. The van der Waals surface area contributed by atoms with Crippen molar-refractivity contribution in [3.05, 3.63) is 51.8 Å². The molecule has 180 valence electrons. The van der Waals surface area contributed by atoms with Gasteiger partial charge in [0, 0.05) is 32.7 Å². The van der Waals surface area contributed by atoms with Crippen LogP contribution >= 0.6 is 12.4 Å². The molecule has 0 aliphatic rings. The van der Waals surface area contributed by atoms with Gasteiger partial charge < -0.3 is 29.2 Å². The first kappa shape index (κ1) is 26.2. The Labute approximate surface area is 199 Å². The minimum Gasteiger partial charge on any atom is -0.493 e. The van der Waals surface area contributed by atoms with Gasteiger partial charge in [0.2, 0.25) is 11.7 Å². The van der Waals surface area contributed by atoms with E-state index in [1.54, 1.807) is 6.07 Å². The second-order valence-corrected chi connectivity index (χ2v) is 7.57. The van der Waals surface area contributed by atoms with Gasteiger partial charge in [-0.3, -0.25) is 9.69 Å². The number of H-pyrrole nitrogens is 1. The van der Waals surface area contributed by atoms with E-state index >= 15 is 0 Å². The van der Waals surface area contributed by atoms with Gasteiger partial charge in [-0.05, 0) is 18.2 Å². The maximum Gasteiger partial charge on any atom is 0.286 e. The molecule has 1 aromatic heterocycles. The van der Waals surface area contributed by atoms with E-state index in [0.29, 0.717) is 41.4 Å². The SMILES string of the molecule is COc1cc2[nH]c(N(C)Cc3cccc(CN(C)CCO)c3)nc(=O)c2c(OC)c1OC.Cl. The number of methoxy groups -OCH3 is 3. The highest BCUT2D eigenvalue weighted by Crippen LogP contribution is 2.41. The van der Waals surface area contributed by atoms with Gasteiger partial charge in [0.1, 0.15) is 5.39 Å². The monoisotopic (exact) mass is 478 g/mol. The topological polar surface area (TPSA) is 100 Å². The summed E-state index contributed by atoms with van der Waals surface area (Å²) in [4.78, 5) is 24.3. The van der Waals surface area contributed by atoms with E-state index in [1.165, 1.54) is 21.3 Å². The molecule has 0 aliphatic heterocycles. The number of anilines is 1. The van der Waals surface area contributed by atoms with Crippen LogP contribution < -0.4 is 24.7 Å². The van der Waals surface area contributed by atoms with E-state index in [1.807, 2.05) is 31.1 Å². The zero-order chi connectivity index (χ0) is 23.3. The van der Waals surface area contributed by atoms with Crippen LogP contribution in [0.2, 0.25) is 0 Å². The van der Waals surface area contributed by atoms with Crippen molar-refractivity contribution in [3.63, 3.8) is 0 Å². The third kappa shape index (κ3) is 5.87. The standard InChI is InChI=1S/C23H30N4O5.ClH/c1-26(9-10-28)13-15-7-6-8-16(11-15)14-27(2)23-24-17-12-18(30-3)20(31-4)21(32-5)19(17)22(29)25-23;/h6-8,11-12,28H,9-10,13-14H2,1-5H3,(H,24,25,29);1H. The number of ether oxygens (including phenoxy) is 3. The molecule has 1 heterocycles. The van der Waals surface area contributed by atoms with Gasteiger partial charge in [0.15, 0.2) is 11.5 Å². The molecule has 0 radical (unpaired) electrons. The fraction of sp³-hybridized carbons (Fsp3) is 0.391. The number of halogens is 1. The van der Waals surface area contributed by atoms with Gasteiger partial charge in [0.05, 0.1) is 33.5 Å². The Kier molecular flexibility index (Phi) is 9.33. The first-order chi connectivity index (χ1) is 15.4. The number of nitrogens with one attached hydrogen (secondary N) is 1. The highest BCUT2D eigenvalue weighted by atomic mass is 35.5. The summed E-state index contributed by atoms with van der Waals surface area (Å²) in [5.74, 6) is 1.51. The van der Waals surface area contributed by atoms with Gasteiger partial charge in [-0.1, -0.05) is 24.3 Å². The van der Waals surface area contributed by atoms with Gasteiger partial charge >= 0.3 is 0 Å². The summed E-state index contributed by atoms with van der Waals surface area (Å²) in [5, 5.41) is 9.40. The molecule has 3 aromatic rings. The molecular weight excluding hydrogens is 448 g/mol. The lowest BCUT2D eigenvalue weighted by Gasteiger charge is -2.20. The van der Waals surface area contributed by atoms with Crippen molar-refractivity contribution in [2.45, 2.75) is 13.1 Å². The Morgan fingerprint density at radius 1 is 1.00 bits per heavy atom. The van der Waals surface area contributed by atoms with E-state index in [-0.39, 0.29) is 24.8 Å². The van der Waals surface area contributed by atoms with Crippen LogP contribution in [0.3, 0.4) is 0 Å². The Hall–Kier alpha value is -3.01. The normalized spacial score (nSPS) is 10.8. The van der Waals surface area contributed by atoms with Gasteiger partial charge in [-0.25, -0.2) is 0 Å². The number of hydrogen-bond acceptors (Lipinski definition) is 8. The summed E-state index contributed by atoms with van der Waals surface area (Å²) in [7, 11) is 8.33. The zero-order valence-electron chi connectivity index (χ0n) is 19.5. The number of benzene rings is 2. The first-order valence-electron chi connectivity index (χ1n) is 10.2. The molecule has 0 bridgehead atoms. The van der Waals surface area contributed by atoms with E-state index in [2.05, 4.69) is 27.0 Å². The van der Waals surface area contributed by atoms with Crippen LogP contribution in [0.15, 0.2) is 35.1 Å². The molecule has 2 aromatic carbocycles. The van der Waals surface area contributed by atoms with E-state index < -0.39 is 5.56 Å². The van der Waals surface area contributed by atoms with Crippen LogP contribution in [0.25, 0.3) is 10.9 Å². The van der Waals surface area contributed by atoms with Gasteiger partial charge in [-0.15, -0.1) is 12.4 Å². The van der Waals surface area contributed by atoms with Crippen LogP contribution in [0.4, 0.5) is 5.95 Å². The molecule has 9 nitrogen and oxygen atoms in total. The smallest absolute Gasteiger partial charge is 0.286 e. The molecule has 0 fully saturated rings. The Morgan fingerprint density at radius 2 is 1.67 bits per heavy atom. The molecule has 10 heteroatoms. The predicted molar refractivity (Wildman–Crippen MR) is 131 cm³/mol. The quantitative estimate of drug-likeness (QED) is 0.458. The summed E-state index contributed by atoms with van der Waals surface area (Å²) in [6, 6.07) is 9.90. The van der Waals surface area contributed by atoms with Crippen molar-refractivity contribution < 1.29 is 19.3 Å². The van der Waals surface area contributed by atoms with Crippen LogP contribution in [0.1, 0.15) is 11.1 Å². The Morgan fingerprint density at radius 3 is 2.27 bits per heavy atom. The molecule has 0 spiro atoms. The number of nitrogens with zero attached hydrogens (tertiary/aromatic N) is 3. The first-order valence-corrected chi connectivity index (χ1v) is 10.2. The van der Waals surface area contributed by atoms with E-state index in [0.717, 1.165) is 17.7 Å². The average Bonchev–Trinajstić information content (AvgIpc) is 2.77. The van der Waals surface area contributed by atoms with Gasteiger partial charge in [-0.2, -0.15) is 4.98 Å². The molecule has 3 rings (SSSR count). The van der Waals surface area contributed by atoms with Gasteiger partial charge in [0.25, 0.3) is 5.56 Å². The van der Waals surface area contributed by atoms with Crippen molar-refractivity contribution >= 4 is 29.3 Å². The molecule has 0 amide bonds. The van der Waals surface area contributed by atoms with Crippen LogP contribution in [-0.2, 0) is 13.1 Å². The fourth-order valence-corrected chi connectivity index (χ4v) is 3.68. The summed E-state index contributed by atoms with van der Waals surface area (Å²) in [6.45, 7) is 2.03. The number of aliphatic hydroxyl groups excluding tert-OH is 1. The number of aromatic amines is 1. The van der Waals surface area contributed by atoms with Crippen molar-refractivity contribution in [2.75, 3.05) is 53.5 Å². The highest BCUT2D eigenvalue weighted by molar-refractivity contribution is 5.90. The second kappa shape index (κ2) is 11.7. The summed E-state index contributed by atoms with van der Waals surface area (Å²) in [5.41, 5.74) is 2.35. The molecular formula is C23H31ClN4O5. The lowest BCUT2D eigenvalue weighted by Crippen LogP contribution is -2.24. The van der Waals surface area contributed by atoms with Crippen LogP contribution in [-0.4, -0.2) is 68.6 Å². The number of hydrogen-bond donors (Lipinski definition) is 2. The number of aromatic nitrogens is 2. The molecule has 0 saturated carbocycles. The maximum atomic E-state index is 12.9. The molecule has 33 heavy (non-hydrogen) atoms. The predicted octanol–water partition coefficient (Wildman–Crippen LogP) is 2.43. The fourth-order valence-electron chi connectivity index (χ4n) is 3.68. The summed E-state index contributed by atoms with van der Waals surface area (Å²) in [6.07, 6.45) is 0. The van der Waals surface area contributed by atoms with Crippen LogP contribution in [0.5, 0.6) is 17.2 Å². The van der Waals surface area contributed by atoms with Crippen molar-refractivity contribution in [3.8, 4) is 17.2 Å².